The van der Waals surface area contributed by atoms with E-state index in [1.54, 1.807) is 33.1 Å². The van der Waals surface area contributed by atoms with Crippen LogP contribution in [-0.2, 0) is 10.0 Å². The van der Waals surface area contributed by atoms with E-state index in [2.05, 4.69) is 10.5 Å². The van der Waals surface area contributed by atoms with Gasteiger partial charge < -0.3 is 14.6 Å². The van der Waals surface area contributed by atoms with Crippen LogP contribution in [0, 0.1) is 19.7 Å². The van der Waals surface area contributed by atoms with E-state index >= 15 is 0 Å². The van der Waals surface area contributed by atoms with Gasteiger partial charge in [-0.25, -0.2) is 12.8 Å². The molecule has 0 bridgehead atoms. The van der Waals surface area contributed by atoms with Crippen molar-refractivity contribution in [1.82, 2.24) is 14.8 Å². The zero-order chi connectivity index (χ0) is 23.8. The molecule has 3 aromatic rings. The van der Waals surface area contributed by atoms with Gasteiger partial charge in [0.25, 0.3) is 5.91 Å². The summed E-state index contributed by atoms with van der Waals surface area (Å²) in [6.07, 6.45) is 0. The number of carbonyl (C=O) groups excluding carboxylic acids is 1. The first-order valence-corrected chi connectivity index (χ1v) is 11.8. The molecule has 1 saturated heterocycles. The van der Waals surface area contributed by atoms with Crippen LogP contribution in [0.25, 0.3) is 0 Å². The Morgan fingerprint density at radius 3 is 2.36 bits per heavy atom. The normalized spacial score (nSPS) is 18.9. The highest BCUT2D eigenvalue weighted by molar-refractivity contribution is 7.89. The Kier molecular flexibility index (Phi) is 6.22. The highest BCUT2D eigenvalue weighted by Gasteiger charge is 2.42. The summed E-state index contributed by atoms with van der Waals surface area (Å²) in [7, 11) is -2.33. The van der Waals surface area contributed by atoms with Crippen molar-refractivity contribution in [3.8, 4) is 5.75 Å². The molecule has 0 radical (unpaired) electrons. The average Bonchev–Trinajstić information content (AvgIpc) is 3.37. The van der Waals surface area contributed by atoms with Crippen molar-refractivity contribution in [1.29, 1.82) is 0 Å². The number of sulfonamides is 1. The van der Waals surface area contributed by atoms with Crippen molar-refractivity contribution in [2.24, 2.45) is 0 Å². The first-order chi connectivity index (χ1) is 15.7. The number of aryl methyl sites for hydroxylation is 2. The van der Waals surface area contributed by atoms with Gasteiger partial charge in [-0.1, -0.05) is 17.3 Å². The maximum absolute atomic E-state index is 13.4. The fraction of sp³-hybridized carbons (Fsp3) is 0.304. The van der Waals surface area contributed by atoms with Crippen molar-refractivity contribution >= 4 is 15.9 Å². The molecule has 1 amide bonds. The largest absolute Gasteiger partial charge is 0.497 e. The number of halogens is 1. The third-order valence-electron chi connectivity index (χ3n) is 5.82. The minimum atomic E-state index is -3.90. The molecule has 1 N–H and O–H groups in total. The second-order valence-corrected chi connectivity index (χ2v) is 9.82. The van der Waals surface area contributed by atoms with Crippen LogP contribution >= 0.6 is 0 Å². The van der Waals surface area contributed by atoms with Gasteiger partial charge in [0.05, 0.1) is 13.2 Å². The minimum Gasteiger partial charge on any atom is -0.497 e. The molecule has 174 valence electrons. The number of rotatable bonds is 6. The average molecular weight is 474 g/mol. The van der Waals surface area contributed by atoms with E-state index in [-0.39, 0.29) is 40.9 Å². The van der Waals surface area contributed by atoms with Gasteiger partial charge >= 0.3 is 0 Å². The molecule has 33 heavy (non-hydrogen) atoms. The predicted octanol–water partition coefficient (Wildman–Crippen LogP) is 3.03. The summed E-state index contributed by atoms with van der Waals surface area (Å²) >= 11 is 0. The molecule has 1 aromatic heterocycles. The number of aromatic nitrogens is 1. The molecule has 0 spiro atoms. The van der Waals surface area contributed by atoms with Crippen molar-refractivity contribution in [2.75, 3.05) is 20.2 Å². The lowest BCUT2D eigenvalue weighted by atomic mass is 9.94. The Labute approximate surface area is 191 Å². The second-order valence-electron chi connectivity index (χ2n) is 7.94. The van der Waals surface area contributed by atoms with Gasteiger partial charge in [-0.15, -0.1) is 0 Å². The van der Waals surface area contributed by atoms with Crippen molar-refractivity contribution < 1.29 is 26.9 Å². The molecule has 1 aliphatic rings. The molecule has 8 nitrogen and oxygen atoms in total. The molecule has 2 aromatic carbocycles. The standard InChI is InChI=1S/C23H24FN3O5S/c1-14-22(15(2)32-26-14)33(29,30)27-12-20(16-6-10-19(31-3)11-7-16)21(13-27)25-23(28)17-4-8-18(24)9-5-17/h4-11,20-21H,12-13H2,1-3H3,(H,25,28)/t20-,21+/m0/s1. The molecule has 10 heteroatoms. The van der Waals surface area contributed by atoms with E-state index in [1.807, 2.05) is 12.1 Å². The van der Waals surface area contributed by atoms with Gasteiger partial charge in [-0.05, 0) is 55.8 Å². The quantitative estimate of drug-likeness (QED) is 0.591. The van der Waals surface area contributed by atoms with Gasteiger partial charge in [-0.2, -0.15) is 4.31 Å². The Balaban J connectivity index is 1.65. The van der Waals surface area contributed by atoms with Crippen LogP contribution in [0.3, 0.4) is 0 Å². The summed E-state index contributed by atoms with van der Waals surface area (Å²) in [6.45, 7) is 3.36. The van der Waals surface area contributed by atoms with E-state index in [0.717, 1.165) is 5.56 Å². The van der Waals surface area contributed by atoms with Gasteiger partial charge in [-0.3, -0.25) is 4.79 Å². The number of hydrogen-bond donors (Lipinski definition) is 1. The van der Waals surface area contributed by atoms with Crippen LogP contribution in [-0.4, -0.2) is 50.0 Å². The molecule has 0 unspecified atom stereocenters. The van der Waals surface area contributed by atoms with Gasteiger partial charge in [0.15, 0.2) is 5.76 Å². The van der Waals surface area contributed by atoms with E-state index in [0.29, 0.717) is 5.75 Å². The summed E-state index contributed by atoms with van der Waals surface area (Å²) in [6, 6.07) is 12.0. The number of benzene rings is 2. The van der Waals surface area contributed by atoms with E-state index in [1.165, 1.54) is 28.6 Å². The molecule has 0 saturated carbocycles. The smallest absolute Gasteiger partial charge is 0.251 e. The maximum atomic E-state index is 13.4. The third kappa shape index (κ3) is 4.49. The number of hydrogen-bond acceptors (Lipinski definition) is 6. The molecule has 0 aliphatic carbocycles. The summed E-state index contributed by atoms with van der Waals surface area (Å²) < 4.78 is 51.7. The van der Waals surface area contributed by atoms with Crippen molar-refractivity contribution in [3.63, 3.8) is 0 Å². The fourth-order valence-electron chi connectivity index (χ4n) is 4.12. The zero-order valence-electron chi connectivity index (χ0n) is 18.4. The molecule has 1 fully saturated rings. The SMILES string of the molecule is COc1ccc([C@@H]2CN(S(=O)(=O)c3c(C)noc3C)C[C@H]2NC(=O)c2ccc(F)cc2)cc1. The topological polar surface area (TPSA) is 102 Å². The summed E-state index contributed by atoms with van der Waals surface area (Å²) in [5, 5.41) is 6.70. The summed E-state index contributed by atoms with van der Waals surface area (Å²) in [4.78, 5) is 12.9. The monoisotopic (exact) mass is 473 g/mol. The highest BCUT2D eigenvalue weighted by Crippen LogP contribution is 2.34. The number of nitrogens with one attached hydrogen (secondary N) is 1. The third-order valence-corrected chi connectivity index (χ3v) is 7.90. The van der Waals surface area contributed by atoms with Crippen LogP contribution in [0.4, 0.5) is 4.39 Å². The lowest BCUT2D eigenvalue weighted by Crippen LogP contribution is -2.40. The van der Waals surface area contributed by atoms with Crippen molar-refractivity contribution in [3.05, 3.63) is 76.9 Å². The Hall–Kier alpha value is -3.24. The van der Waals surface area contributed by atoms with Crippen LogP contribution in [0.5, 0.6) is 5.75 Å². The summed E-state index contributed by atoms with van der Waals surface area (Å²) in [5.74, 6) is -0.276. The van der Waals surface area contributed by atoms with E-state index in [9.17, 15) is 17.6 Å². The van der Waals surface area contributed by atoms with Gasteiger partial charge in [0.2, 0.25) is 10.0 Å². The molecule has 2 atom stereocenters. The second kappa shape index (κ2) is 8.95. The fourth-order valence-corrected chi connectivity index (χ4v) is 5.91. The lowest BCUT2D eigenvalue weighted by molar-refractivity contribution is 0.0936. The van der Waals surface area contributed by atoms with Gasteiger partial charge in [0.1, 0.15) is 22.2 Å². The molecule has 4 rings (SSSR count). The van der Waals surface area contributed by atoms with Crippen LogP contribution < -0.4 is 10.1 Å². The number of amides is 1. The number of carbonyl (C=O) groups is 1. The molecular formula is C23H24FN3O5S. The summed E-state index contributed by atoms with van der Waals surface area (Å²) in [5.41, 5.74) is 1.43. The minimum absolute atomic E-state index is 0.0430. The van der Waals surface area contributed by atoms with Crippen molar-refractivity contribution in [2.45, 2.75) is 30.7 Å². The van der Waals surface area contributed by atoms with Crippen LogP contribution in [0.2, 0.25) is 0 Å². The van der Waals surface area contributed by atoms with E-state index in [4.69, 9.17) is 9.26 Å². The number of methoxy groups -OCH3 is 1. The Bertz CT molecular complexity index is 1240. The first kappa shape index (κ1) is 22.9. The maximum Gasteiger partial charge on any atom is 0.251 e. The zero-order valence-corrected chi connectivity index (χ0v) is 19.2. The predicted molar refractivity (Wildman–Crippen MR) is 118 cm³/mol. The molecule has 1 aliphatic heterocycles. The highest BCUT2D eigenvalue weighted by atomic mass is 32.2. The van der Waals surface area contributed by atoms with E-state index < -0.39 is 27.8 Å². The Morgan fingerprint density at radius 1 is 1.12 bits per heavy atom. The van der Waals surface area contributed by atoms with Gasteiger partial charge in [0, 0.05) is 24.6 Å². The first-order valence-electron chi connectivity index (χ1n) is 10.3. The molecule has 2 heterocycles. The lowest BCUT2D eigenvalue weighted by Gasteiger charge is -2.20. The van der Waals surface area contributed by atoms with Crippen LogP contribution in [0.1, 0.15) is 33.3 Å². The Morgan fingerprint density at radius 2 is 1.79 bits per heavy atom. The molecular weight excluding hydrogens is 449 g/mol. The number of ether oxygens (including phenoxy) is 1. The number of nitrogens with zero attached hydrogens (tertiary/aromatic N) is 2. The van der Waals surface area contributed by atoms with Crippen LogP contribution in [0.15, 0.2) is 57.9 Å².